The zero-order chi connectivity index (χ0) is 18.0. The first kappa shape index (κ1) is 17.3. The molecule has 0 radical (unpaired) electrons. The first-order valence-corrected chi connectivity index (χ1v) is 8.66. The van der Waals surface area contributed by atoms with Crippen LogP contribution in [-0.4, -0.2) is 48.7 Å². The molecule has 1 atom stereocenters. The summed E-state index contributed by atoms with van der Waals surface area (Å²) in [5.41, 5.74) is 2.77. The molecule has 1 aliphatic heterocycles. The molecular weight excluding hydrogens is 318 g/mol. The van der Waals surface area contributed by atoms with Crippen molar-refractivity contribution in [2.75, 3.05) is 31.6 Å². The number of carbonyl (C=O) groups excluding carboxylic acids is 1. The van der Waals surface area contributed by atoms with Crippen molar-refractivity contribution in [2.45, 2.75) is 33.3 Å². The number of aromatic nitrogens is 1. The molecule has 1 unspecified atom stereocenters. The summed E-state index contributed by atoms with van der Waals surface area (Å²) < 4.78 is 11.2. The van der Waals surface area contributed by atoms with Crippen molar-refractivity contribution in [3.8, 4) is 5.75 Å². The van der Waals surface area contributed by atoms with E-state index in [0.717, 1.165) is 35.8 Å². The van der Waals surface area contributed by atoms with Crippen LogP contribution < -0.4 is 9.64 Å². The van der Waals surface area contributed by atoms with Gasteiger partial charge in [0, 0.05) is 19.2 Å². The predicted octanol–water partition coefficient (Wildman–Crippen LogP) is 2.58. The number of hydrogen-bond acceptors (Lipinski definition) is 5. The van der Waals surface area contributed by atoms with Gasteiger partial charge in [0.1, 0.15) is 17.6 Å². The molecule has 6 nitrogen and oxygen atoms in total. The van der Waals surface area contributed by atoms with Gasteiger partial charge in [-0.1, -0.05) is 17.3 Å². The number of nitrogens with zero attached hydrogens (tertiary/aromatic N) is 3. The molecule has 0 bridgehead atoms. The highest BCUT2D eigenvalue weighted by Gasteiger charge is 2.27. The monoisotopic (exact) mass is 343 g/mol. The third-order valence-corrected chi connectivity index (χ3v) is 4.72. The van der Waals surface area contributed by atoms with Gasteiger partial charge in [-0.25, -0.2) is 0 Å². The summed E-state index contributed by atoms with van der Waals surface area (Å²) in [6.45, 7) is 8.06. The number of para-hydroxylation sites is 2. The Morgan fingerprint density at radius 3 is 2.80 bits per heavy atom. The van der Waals surface area contributed by atoms with Crippen molar-refractivity contribution in [3.63, 3.8) is 0 Å². The Hall–Kier alpha value is -2.50. The van der Waals surface area contributed by atoms with E-state index < -0.39 is 0 Å². The normalized spacial score (nSPS) is 16.3. The lowest BCUT2D eigenvalue weighted by molar-refractivity contribution is -0.130. The average molecular weight is 343 g/mol. The van der Waals surface area contributed by atoms with E-state index in [0.29, 0.717) is 18.7 Å². The molecule has 1 amide bonds. The van der Waals surface area contributed by atoms with Crippen LogP contribution in [0.3, 0.4) is 0 Å². The van der Waals surface area contributed by atoms with Crippen LogP contribution >= 0.6 is 0 Å². The number of benzene rings is 1. The molecule has 2 aromatic rings. The summed E-state index contributed by atoms with van der Waals surface area (Å²) in [5.74, 6) is 1.63. The summed E-state index contributed by atoms with van der Waals surface area (Å²) in [4.78, 5) is 16.6. The van der Waals surface area contributed by atoms with Crippen molar-refractivity contribution in [1.29, 1.82) is 0 Å². The van der Waals surface area contributed by atoms with Gasteiger partial charge in [-0.05, 0) is 32.9 Å². The smallest absolute Gasteiger partial charge is 0.227 e. The van der Waals surface area contributed by atoms with Crippen LogP contribution in [0.5, 0.6) is 5.75 Å². The van der Waals surface area contributed by atoms with Crippen LogP contribution in [0, 0.1) is 13.8 Å². The maximum absolute atomic E-state index is 12.6. The van der Waals surface area contributed by atoms with Gasteiger partial charge < -0.3 is 19.1 Å². The van der Waals surface area contributed by atoms with Crippen LogP contribution in [0.2, 0.25) is 0 Å². The topological polar surface area (TPSA) is 58.8 Å². The third kappa shape index (κ3) is 3.62. The molecule has 3 rings (SSSR count). The Bertz CT molecular complexity index is 737. The summed E-state index contributed by atoms with van der Waals surface area (Å²) in [5, 5.41) is 3.91. The fourth-order valence-electron chi connectivity index (χ4n) is 3.22. The number of ether oxygens (including phenoxy) is 1. The van der Waals surface area contributed by atoms with Gasteiger partial charge in [-0.2, -0.15) is 0 Å². The summed E-state index contributed by atoms with van der Waals surface area (Å²) in [6, 6.07) is 8.04. The largest absolute Gasteiger partial charge is 0.485 e. The molecule has 0 spiro atoms. The van der Waals surface area contributed by atoms with Gasteiger partial charge in [0.25, 0.3) is 0 Å². The summed E-state index contributed by atoms with van der Waals surface area (Å²) in [6.07, 6.45) is 0.256. The van der Waals surface area contributed by atoms with Crippen LogP contribution in [0.15, 0.2) is 28.8 Å². The Morgan fingerprint density at radius 1 is 1.36 bits per heavy atom. The second kappa shape index (κ2) is 7.17. The highest BCUT2D eigenvalue weighted by atomic mass is 16.5. The molecule has 6 heteroatoms. The second-order valence-electron chi connectivity index (χ2n) is 6.50. The van der Waals surface area contributed by atoms with Gasteiger partial charge >= 0.3 is 0 Å². The van der Waals surface area contributed by atoms with Crippen LogP contribution in [0.4, 0.5) is 5.69 Å². The first-order chi connectivity index (χ1) is 12.0. The van der Waals surface area contributed by atoms with Crippen LogP contribution in [0.25, 0.3) is 0 Å². The van der Waals surface area contributed by atoms with Crippen molar-refractivity contribution in [3.05, 3.63) is 41.3 Å². The lowest BCUT2D eigenvalue weighted by atomic mass is 10.1. The van der Waals surface area contributed by atoms with Gasteiger partial charge in [0.15, 0.2) is 0 Å². The first-order valence-electron chi connectivity index (χ1n) is 8.66. The van der Waals surface area contributed by atoms with Crippen molar-refractivity contribution >= 4 is 11.6 Å². The van der Waals surface area contributed by atoms with E-state index in [1.807, 2.05) is 39.1 Å². The highest BCUT2D eigenvalue weighted by molar-refractivity contribution is 5.79. The van der Waals surface area contributed by atoms with Crippen molar-refractivity contribution < 1.29 is 14.1 Å². The minimum Gasteiger partial charge on any atom is -0.485 e. The predicted molar refractivity (Wildman–Crippen MR) is 96.1 cm³/mol. The van der Waals surface area contributed by atoms with Crippen molar-refractivity contribution in [1.82, 2.24) is 10.1 Å². The number of fused-ring (bicyclic) bond motifs is 1. The minimum absolute atomic E-state index is 0.0416. The zero-order valence-electron chi connectivity index (χ0n) is 15.3. The van der Waals surface area contributed by atoms with Gasteiger partial charge in [0.05, 0.1) is 30.9 Å². The Kier molecular flexibility index (Phi) is 4.97. The van der Waals surface area contributed by atoms with Crippen LogP contribution in [-0.2, 0) is 11.2 Å². The lowest BCUT2D eigenvalue weighted by Crippen LogP contribution is -2.47. The Morgan fingerprint density at radius 2 is 2.12 bits per heavy atom. The highest BCUT2D eigenvalue weighted by Crippen LogP contribution is 2.32. The minimum atomic E-state index is -0.0477. The average Bonchev–Trinajstić information content (AvgIpc) is 2.92. The van der Waals surface area contributed by atoms with E-state index in [1.54, 1.807) is 4.90 Å². The number of carbonyl (C=O) groups is 1. The number of aryl methyl sites for hydroxylation is 2. The van der Waals surface area contributed by atoms with E-state index in [2.05, 4.69) is 23.0 Å². The molecule has 1 aromatic heterocycles. The lowest BCUT2D eigenvalue weighted by Gasteiger charge is -2.37. The molecule has 25 heavy (non-hydrogen) atoms. The number of amides is 1. The SMILES string of the molecule is CCN1CC(CN(C)C(=O)Cc2c(C)noc2C)Oc2ccccc21. The summed E-state index contributed by atoms with van der Waals surface area (Å²) in [7, 11) is 1.82. The fourth-order valence-corrected chi connectivity index (χ4v) is 3.22. The second-order valence-corrected chi connectivity index (χ2v) is 6.50. The van der Waals surface area contributed by atoms with E-state index in [1.165, 1.54) is 0 Å². The molecule has 1 aliphatic rings. The molecule has 1 aromatic carbocycles. The number of likely N-dealkylation sites (N-methyl/N-ethyl adjacent to an activating group) is 2. The maximum Gasteiger partial charge on any atom is 0.227 e. The number of anilines is 1. The van der Waals surface area contributed by atoms with E-state index >= 15 is 0 Å². The van der Waals surface area contributed by atoms with E-state index in [9.17, 15) is 4.79 Å². The molecule has 0 N–H and O–H groups in total. The molecule has 2 heterocycles. The molecule has 0 saturated carbocycles. The van der Waals surface area contributed by atoms with Gasteiger partial charge in [-0.15, -0.1) is 0 Å². The summed E-state index contributed by atoms with van der Waals surface area (Å²) >= 11 is 0. The Labute approximate surface area is 148 Å². The fraction of sp³-hybridized carbons (Fsp3) is 0.474. The number of rotatable bonds is 5. The molecule has 134 valence electrons. The van der Waals surface area contributed by atoms with Crippen molar-refractivity contribution in [2.24, 2.45) is 0 Å². The number of hydrogen-bond donors (Lipinski definition) is 0. The molecule has 0 saturated heterocycles. The van der Waals surface area contributed by atoms with E-state index in [4.69, 9.17) is 9.26 Å². The Balaban J connectivity index is 1.65. The molecular formula is C19H25N3O3. The van der Waals surface area contributed by atoms with Crippen LogP contribution in [0.1, 0.15) is 23.9 Å². The van der Waals surface area contributed by atoms with E-state index in [-0.39, 0.29) is 12.0 Å². The van der Waals surface area contributed by atoms with Gasteiger partial charge in [-0.3, -0.25) is 4.79 Å². The molecule has 0 fully saturated rings. The zero-order valence-corrected chi connectivity index (χ0v) is 15.3. The standard InChI is InChI=1S/C19H25N3O3/c1-5-22-12-15(24-18-9-7-6-8-17(18)22)11-21(4)19(23)10-16-13(2)20-25-14(16)3/h6-9,15H,5,10-12H2,1-4H3. The molecule has 0 aliphatic carbocycles. The quantitative estimate of drug-likeness (QED) is 0.835. The third-order valence-electron chi connectivity index (χ3n) is 4.72. The maximum atomic E-state index is 12.6. The van der Waals surface area contributed by atoms with Gasteiger partial charge in [0.2, 0.25) is 5.91 Å².